The van der Waals surface area contributed by atoms with Crippen molar-refractivity contribution in [2.75, 3.05) is 0 Å². The van der Waals surface area contributed by atoms with Gasteiger partial charge in [-0.2, -0.15) is 5.10 Å². The number of thiazole rings is 1. The Balaban J connectivity index is 1.49. The monoisotopic (exact) mass is 348 g/mol. The van der Waals surface area contributed by atoms with E-state index in [0.717, 1.165) is 20.9 Å². The normalized spacial score (nSPS) is 10.9. The van der Waals surface area contributed by atoms with Crippen LogP contribution in [0.2, 0.25) is 0 Å². The summed E-state index contributed by atoms with van der Waals surface area (Å²) in [6.45, 7) is 2.53. The Morgan fingerprint density at radius 1 is 1.20 bits per heavy atom. The average molecular weight is 348 g/mol. The zero-order chi connectivity index (χ0) is 17.2. The van der Waals surface area contributed by atoms with Crippen LogP contribution in [0.1, 0.15) is 21.5 Å². The number of rotatable bonds is 4. The summed E-state index contributed by atoms with van der Waals surface area (Å²) < 4.78 is 2.74. The number of para-hydroxylation sites is 1. The van der Waals surface area contributed by atoms with Crippen molar-refractivity contribution in [1.82, 2.24) is 20.1 Å². The van der Waals surface area contributed by atoms with Gasteiger partial charge in [0.05, 0.1) is 22.0 Å². The Labute approximate surface area is 149 Å². The molecule has 4 rings (SSSR count). The number of aromatic nitrogens is 3. The molecule has 0 fully saturated rings. The van der Waals surface area contributed by atoms with Crippen molar-refractivity contribution in [1.29, 1.82) is 0 Å². The molecule has 6 heteroatoms. The minimum absolute atomic E-state index is 0.145. The van der Waals surface area contributed by atoms with Gasteiger partial charge in [-0.15, -0.1) is 0 Å². The second-order valence-electron chi connectivity index (χ2n) is 5.81. The van der Waals surface area contributed by atoms with Crippen molar-refractivity contribution in [3.8, 4) is 5.13 Å². The number of carbonyl (C=O) groups excluding carboxylic acids is 1. The van der Waals surface area contributed by atoms with Crippen LogP contribution in [-0.4, -0.2) is 20.7 Å². The van der Waals surface area contributed by atoms with Gasteiger partial charge in [-0.3, -0.25) is 4.79 Å². The third kappa shape index (κ3) is 3.29. The highest BCUT2D eigenvalue weighted by atomic mass is 32.1. The van der Waals surface area contributed by atoms with Crippen molar-refractivity contribution in [3.05, 3.63) is 77.6 Å². The largest absolute Gasteiger partial charge is 0.348 e. The van der Waals surface area contributed by atoms with Crippen LogP contribution < -0.4 is 5.32 Å². The molecule has 2 aromatic heterocycles. The first kappa shape index (κ1) is 15.5. The third-order valence-electron chi connectivity index (χ3n) is 3.86. The molecule has 0 aliphatic rings. The molecule has 1 amide bonds. The van der Waals surface area contributed by atoms with E-state index in [2.05, 4.69) is 21.5 Å². The van der Waals surface area contributed by atoms with Gasteiger partial charge in [0.15, 0.2) is 0 Å². The molecule has 0 atom stereocenters. The fraction of sp³-hybridized carbons (Fsp3) is 0.105. The zero-order valence-electron chi connectivity index (χ0n) is 13.6. The van der Waals surface area contributed by atoms with Crippen LogP contribution in [0.5, 0.6) is 0 Å². The van der Waals surface area contributed by atoms with Gasteiger partial charge in [-0.05, 0) is 24.6 Å². The molecule has 124 valence electrons. The van der Waals surface area contributed by atoms with Crippen molar-refractivity contribution in [2.45, 2.75) is 13.5 Å². The molecular formula is C19H16N4OS. The van der Waals surface area contributed by atoms with E-state index in [-0.39, 0.29) is 5.91 Å². The standard InChI is InChI=1S/C19H16N4OS/c1-13-5-4-6-14(9-13)10-20-18(24)15-11-21-23(12-15)19-22-16-7-2-3-8-17(16)25-19/h2-9,11-12H,10H2,1H3,(H,20,24). The topological polar surface area (TPSA) is 59.8 Å². The van der Waals surface area contributed by atoms with E-state index < -0.39 is 0 Å². The summed E-state index contributed by atoms with van der Waals surface area (Å²) in [6, 6.07) is 16.0. The fourth-order valence-corrected chi connectivity index (χ4v) is 3.51. The number of nitrogens with zero attached hydrogens (tertiary/aromatic N) is 3. The summed E-state index contributed by atoms with van der Waals surface area (Å²) in [4.78, 5) is 16.9. The molecule has 0 radical (unpaired) electrons. The molecule has 2 heterocycles. The molecule has 0 bridgehead atoms. The first-order chi connectivity index (χ1) is 12.2. The van der Waals surface area contributed by atoms with Crippen molar-refractivity contribution < 1.29 is 4.79 Å². The molecule has 1 N–H and O–H groups in total. The number of benzene rings is 2. The quantitative estimate of drug-likeness (QED) is 0.611. The predicted molar refractivity (Wildman–Crippen MR) is 99.1 cm³/mol. The Kier molecular flexibility index (Phi) is 4.03. The molecule has 0 unspecified atom stereocenters. The van der Waals surface area contributed by atoms with E-state index in [9.17, 15) is 4.79 Å². The smallest absolute Gasteiger partial charge is 0.254 e. The lowest BCUT2D eigenvalue weighted by Crippen LogP contribution is -2.22. The van der Waals surface area contributed by atoms with Crippen molar-refractivity contribution >= 4 is 27.5 Å². The van der Waals surface area contributed by atoms with E-state index in [1.54, 1.807) is 28.4 Å². The number of carbonyl (C=O) groups is 1. The highest BCUT2D eigenvalue weighted by Gasteiger charge is 2.11. The molecule has 25 heavy (non-hydrogen) atoms. The lowest BCUT2D eigenvalue weighted by atomic mass is 10.1. The number of amides is 1. The first-order valence-corrected chi connectivity index (χ1v) is 8.75. The Hall–Kier alpha value is -2.99. The molecule has 5 nitrogen and oxygen atoms in total. The molecule has 2 aromatic carbocycles. The maximum absolute atomic E-state index is 12.3. The van der Waals surface area contributed by atoms with Gasteiger partial charge in [0.1, 0.15) is 0 Å². The Bertz CT molecular complexity index is 1020. The summed E-state index contributed by atoms with van der Waals surface area (Å²) in [5.74, 6) is -0.145. The van der Waals surface area contributed by atoms with E-state index in [1.165, 1.54) is 5.56 Å². The molecule has 0 aliphatic heterocycles. The SMILES string of the molecule is Cc1cccc(CNC(=O)c2cnn(-c3nc4ccccc4s3)c2)c1. The minimum atomic E-state index is -0.145. The van der Waals surface area contributed by atoms with Crippen LogP contribution in [0.4, 0.5) is 0 Å². The van der Waals surface area contributed by atoms with Crippen molar-refractivity contribution in [2.24, 2.45) is 0 Å². The van der Waals surface area contributed by atoms with Crippen LogP contribution in [0.15, 0.2) is 60.9 Å². The van der Waals surface area contributed by atoms with Crippen LogP contribution in [-0.2, 0) is 6.54 Å². The number of hydrogen-bond donors (Lipinski definition) is 1. The fourth-order valence-electron chi connectivity index (χ4n) is 2.61. The molecule has 4 aromatic rings. The summed E-state index contributed by atoms with van der Waals surface area (Å²) in [5, 5.41) is 7.95. The Morgan fingerprint density at radius 2 is 2.08 bits per heavy atom. The molecule has 0 spiro atoms. The minimum Gasteiger partial charge on any atom is -0.348 e. The molecule has 0 saturated carbocycles. The van der Waals surface area contributed by atoms with E-state index in [4.69, 9.17) is 0 Å². The highest BCUT2D eigenvalue weighted by Crippen LogP contribution is 2.24. The highest BCUT2D eigenvalue weighted by molar-refractivity contribution is 7.20. The van der Waals surface area contributed by atoms with E-state index in [0.29, 0.717) is 12.1 Å². The summed E-state index contributed by atoms with van der Waals surface area (Å²) >= 11 is 1.54. The van der Waals surface area contributed by atoms with Crippen LogP contribution in [0.3, 0.4) is 0 Å². The summed E-state index contributed by atoms with van der Waals surface area (Å²) in [6.07, 6.45) is 3.28. The van der Waals surface area contributed by atoms with Gasteiger partial charge in [-0.1, -0.05) is 53.3 Å². The van der Waals surface area contributed by atoms with Gasteiger partial charge in [-0.25, -0.2) is 9.67 Å². The van der Waals surface area contributed by atoms with E-state index >= 15 is 0 Å². The summed E-state index contributed by atoms with van der Waals surface area (Å²) in [7, 11) is 0. The second kappa shape index (κ2) is 6.49. The van der Waals surface area contributed by atoms with Crippen molar-refractivity contribution in [3.63, 3.8) is 0 Å². The number of aryl methyl sites for hydroxylation is 1. The lowest BCUT2D eigenvalue weighted by Gasteiger charge is -2.04. The molecule has 0 aliphatic carbocycles. The average Bonchev–Trinajstić information content (AvgIpc) is 3.26. The second-order valence-corrected chi connectivity index (χ2v) is 6.82. The third-order valence-corrected chi connectivity index (χ3v) is 4.88. The zero-order valence-corrected chi connectivity index (χ0v) is 14.5. The van der Waals surface area contributed by atoms with E-state index in [1.807, 2.05) is 49.4 Å². The van der Waals surface area contributed by atoms with Gasteiger partial charge in [0.25, 0.3) is 5.91 Å². The lowest BCUT2D eigenvalue weighted by molar-refractivity contribution is 0.0951. The van der Waals surface area contributed by atoms with Gasteiger partial charge in [0.2, 0.25) is 5.13 Å². The van der Waals surface area contributed by atoms with Gasteiger partial charge < -0.3 is 5.32 Å². The maximum Gasteiger partial charge on any atom is 0.254 e. The summed E-state index contributed by atoms with van der Waals surface area (Å²) in [5.41, 5.74) is 3.71. The maximum atomic E-state index is 12.3. The van der Waals surface area contributed by atoms with Crippen LogP contribution >= 0.6 is 11.3 Å². The predicted octanol–water partition coefficient (Wildman–Crippen LogP) is 3.72. The molecular weight excluding hydrogens is 332 g/mol. The number of fused-ring (bicyclic) bond motifs is 1. The van der Waals surface area contributed by atoms with Crippen LogP contribution in [0.25, 0.3) is 15.3 Å². The number of hydrogen-bond acceptors (Lipinski definition) is 4. The van der Waals surface area contributed by atoms with Gasteiger partial charge in [0, 0.05) is 12.7 Å². The van der Waals surface area contributed by atoms with Crippen LogP contribution in [0, 0.1) is 6.92 Å². The Morgan fingerprint density at radius 3 is 2.92 bits per heavy atom. The van der Waals surface area contributed by atoms with Gasteiger partial charge >= 0.3 is 0 Å². The molecule has 0 saturated heterocycles. The first-order valence-electron chi connectivity index (χ1n) is 7.93. The number of nitrogens with one attached hydrogen (secondary N) is 1.